The molecule has 7 nitrogen and oxygen atoms in total. The molecule has 3 aliphatic rings. The molecule has 1 aromatic carbocycles. The maximum absolute atomic E-state index is 14.2. The average molecular weight is 471 g/mol. The van der Waals surface area contributed by atoms with Gasteiger partial charge in [-0.05, 0) is 25.3 Å². The minimum Gasteiger partial charge on any atom is -0.370 e. The van der Waals surface area contributed by atoms with Crippen molar-refractivity contribution in [2.24, 2.45) is 5.73 Å². The van der Waals surface area contributed by atoms with Crippen LogP contribution in [0.3, 0.4) is 0 Å². The van der Waals surface area contributed by atoms with Crippen LogP contribution in [0.15, 0.2) is 18.3 Å². The van der Waals surface area contributed by atoms with Crippen LogP contribution in [0.25, 0.3) is 0 Å². The van der Waals surface area contributed by atoms with E-state index in [-0.39, 0.29) is 23.5 Å². The van der Waals surface area contributed by atoms with Gasteiger partial charge >= 0.3 is 0 Å². The van der Waals surface area contributed by atoms with Crippen LogP contribution in [0.5, 0.6) is 0 Å². The van der Waals surface area contributed by atoms with Crippen molar-refractivity contribution in [3.63, 3.8) is 0 Å². The lowest BCUT2D eigenvalue weighted by atomic mass is 9.93. The number of hydrogen-bond acceptors (Lipinski definition) is 6. The van der Waals surface area contributed by atoms with Crippen LogP contribution in [0.1, 0.15) is 55.0 Å². The summed E-state index contributed by atoms with van der Waals surface area (Å²) in [6, 6.07) is 0.617. The van der Waals surface area contributed by atoms with Crippen molar-refractivity contribution >= 4 is 10.0 Å². The summed E-state index contributed by atoms with van der Waals surface area (Å²) in [4.78, 5) is 2.10. The number of nitrogens with zero attached hydrogens (tertiary/aromatic N) is 3. The van der Waals surface area contributed by atoms with Crippen LogP contribution < -0.4 is 5.73 Å². The summed E-state index contributed by atoms with van der Waals surface area (Å²) in [5, 5.41) is 3.99. The minimum absolute atomic E-state index is 0.0799. The molecule has 1 aliphatic carbocycles. The first kappa shape index (κ1) is 21.9. The Balaban J connectivity index is 1.25. The molecule has 3 heterocycles. The van der Waals surface area contributed by atoms with E-state index in [2.05, 4.69) is 10.00 Å². The summed E-state index contributed by atoms with van der Waals surface area (Å²) < 4.78 is 73.5. The van der Waals surface area contributed by atoms with Gasteiger partial charge in [0.05, 0.1) is 17.6 Å². The highest BCUT2D eigenvalue weighted by Gasteiger charge is 2.38. The van der Waals surface area contributed by atoms with Crippen molar-refractivity contribution in [3.05, 3.63) is 52.6 Å². The van der Waals surface area contributed by atoms with Crippen LogP contribution in [0.4, 0.5) is 13.2 Å². The molecule has 0 amide bonds. The topological polar surface area (TPSA) is 90.5 Å². The lowest BCUT2D eigenvalue weighted by Crippen LogP contribution is -2.47. The van der Waals surface area contributed by atoms with Gasteiger partial charge in [0, 0.05) is 48.6 Å². The van der Waals surface area contributed by atoms with Crippen LogP contribution in [0, 0.1) is 17.5 Å². The van der Waals surface area contributed by atoms with Crippen molar-refractivity contribution < 1.29 is 26.3 Å². The number of nitrogens with two attached hydrogens (primary N) is 1. The third-order valence-corrected chi connectivity index (χ3v) is 8.85. The second-order valence-electron chi connectivity index (χ2n) is 8.93. The molecule has 0 bridgehead atoms. The highest BCUT2D eigenvalue weighted by atomic mass is 32.2. The first-order chi connectivity index (χ1) is 15.2. The van der Waals surface area contributed by atoms with Crippen molar-refractivity contribution in [2.45, 2.75) is 68.6 Å². The van der Waals surface area contributed by atoms with Gasteiger partial charge < -0.3 is 10.5 Å². The van der Waals surface area contributed by atoms with E-state index in [1.54, 1.807) is 6.20 Å². The van der Waals surface area contributed by atoms with E-state index >= 15 is 0 Å². The summed E-state index contributed by atoms with van der Waals surface area (Å²) >= 11 is 0. The number of halogens is 3. The molecule has 2 aliphatic heterocycles. The van der Waals surface area contributed by atoms with E-state index in [9.17, 15) is 21.6 Å². The van der Waals surface area contributed by atoms with Gasteiger partial charge in [0.25, 0.3) is 10.0 Å². The van der Waals surface area contributed by atoms with E-state index in [4.69, 9.17) is 10.5 Å². The first-order valence-corrected chi connectivity index (χ1v) is 12.3. The zero-order valence-electron chi connectivity index (χ0n) is 17.4. The molecule has 3 atom stereocenters. The molecule has 5 rings (SSSR count). The van der Waals surface area contributed by atoms with Crippen LogP contribution in [-0.2, 0) is 27.8 Å². The number of hydrogen-bond donors (Lipinski definition) is 1. The van der Waals surface area contributed by atoms with Gasteiger partial charge in [0.15, 0.2) is 11.6 Å². The molecule has 2 fully saturated rings. The molecule has 1 saturated carbocycles. The smallest absolute Gasteiger partial charge is 0.256 e. The number of benzene rings is 1. The second kappa shape index (κ2) is 8.12. The van der Waals surface area contributed by atoms with Crippen LogP contribution >= 0.6 is 0 Å². The summed E-state index contributed by atoms with van der Waals surface area (Å²) in [7, 11) is -3.47. The Kier molecular flexibility index (Phi) is 5.55. The van der Waals surface area contributed by atoms with E-state index in [1.807, 2.05) is 0 Å². The van der Waals surface area contributed by atoms with Crippen LogP contribution in [0.2, 0.25) is 0 Å². The molecule has 11 heteroatoms. The Labute approximate surface area is 184 Å². The van der Waals surface area contributed by atoms with E-state index in [0.29, 0.717) is 44.1 Å². The largest absolute Gasteiger partial charge is 0.370 e. The molecule has 1 saturated heterocycles. The van der Waals surface area contributed by atoms with Gasteiger partial charge in [-0.1, -0.05) is 12.8 Å². The molecule has 32 heavy (non-hydrogen) atoms. The predicted octanol–water partition coefficient (Wildman–Crippen LogP) is 2.59. The first-order valence-electron chi connectivity index (χ1n) is 10.8. The lowest BCUT2D eigenvalue weighted by molar-refractivity contribution is -0.0533. The molecular weight excluding hydrogens is 445 g/mol. The Bertz CT molecular complexity index is 1110. The van der Waals surface area contributed by atoms with Crippen LogP contribution in [-0.4, -0.2) is 46.4 Å². The molecule has 1 aromatic heterocycles. The quantitative estimate of drug-likeness (QED) is 0.691. The van der Waals surface area contributed by atoms with Crippen molar-refractivity contribution in [2.75, 3.05) is 6.61 Å². The Morgan fingerprint density at radius 2 is 1.78 bits per heavy atom. The molecule has 0 radical (unpaired) electrons. The third-order valence-electron chi connectivity index (χ3n) is 6.83. The van der Waals surface area contributed by atoms with Gasteiger partial charge in [0.2, 0.25) is 0 Å². The fourth-order valence-electron chi connectivity index (χ4n) is 5.05. The predicted molar refractivity (Wildman–Crippen MR) is 109 cm³/mol. The third kappa shape index (κ3) is 3.74. The number of rotatable bonds is 4. The number of fused-ring (bicyclic) bond motifs is 1. The monoisotopic (exact) mass is 470 g/mol. The van der Waals surface area contributed by atoms with Crippen molar-refractivity contribution in [1.82, 2.24) is 14.1 Å². The standard InChI is InChI=1S/C21H25F3N4O3S/c22-16-7-18(24)17(23)6-15(16)21-19(25)5-13(11-31-21)27-8-12-9-28(26-20(12)10-27)32(29,30)14-3-1-2-4-14/h6-7,9,13-14,19,21H,1-5,8,10-11,25H2/t13-,19?,21?/m1/s1. The summed E-state index contributed by atoms with van der Waals surface area (Å²) in [5.41, 5.74) is 7.71. The number of ether oxygens (including phenoxy) is 1. The average Bonchev–Trinajstić information content (AvgIpc) is 3.47. The molecule has 174 valence electrons. The highest BCUT2D eigenvalue weighted by Crippen LogP contribution is 2.35. The van der Waals surface area contributed by atoms with E-state index < -0.39 is 39.6 Å². The second-order valence-corrected chi connectivity index (χ2v) is 11.0. The summed E-state index contributed by atoms with van der Waals surface area (Å²) in [5.74, 6) is -3.29. The lowest BCUT2D eigenvalue weighted by Gasteiger charge is -2.38. The zero-order valence-corrected chi connectivity index (χ0v) is 18.2. The molecule has 2 aromatic rings. The van der Waals surface area contributed by atoms with Crippen molar-refractivity contribution in [3.8, 4) is 0 Å². The van der Waals surface area contributed by atoms with E-state index in [1.165, 1.54) is 0 Å². The molecule has 0 spiro atoms. The highest BCUT2D eigenvalue weighted by molar-refractivity contribution is 7.90. The summed E-state index contributed by atoms with van der Waals surface area (Å²) in [6.07, 6.45) is 4.41. The SMILES string of the molecule is NC1C[C@@H](N2Cc3cn(S(=O)(=O)C4CCCC4)nc3C2)COC1c1cc(F)c(F)cc1F. The zero-order chi connectivity index (χ0) is 22.6. The Morgan fingerprint density at radius 3 is 2.47 bits per heavy atom. The number of aromatic nitrogens is 2. The molecule has 2 unspecified atom stereocenters. The molecular formula is C21H25F3N4O3S. The Morgan fingerprint density at radius 1 is 1.06 bits per heavy atom. The Hall–Kier alpha value is -1.95. The maximum Gasteiger partial charge on any atom is 0.256 e. The summed E-state index contributed by atoms with van der Waals surface area (Å²) in [6.45, 7) is 1.22. The fourth-order valence-corrected chi connectivity index (χ4v) is 6.78. The van der Waals surface area contributed by atoms with Gasteiger partial charge in [-0.2, -0.15) is 9.19 Å². The normalized spacial score (nSPS) is 27.2. The minimum atomic E-state index is -3.47. The molecule has 2 N–H and O–H groups in total. The van der Waals surface area contributed by atoms with Gasteiger partial charge in [-0.3, -0.25) is 4.90 Å². The fraction of sp³-hybridized carbons (Fsp3) is 0.571. The van der Waals surface area contributed by atoms with Gasteiger partial charge in [-0.25, -0.2) is 21.6 Å². The van der Waals surface area contributed by atoms with E-state index in [0.717, 1.165) is 28.6 Å². The van der Waals surface area contributed by atoms with Gasteiger partial charge in [-0.15, -0.1) is 0 Å². The van der Waals surface area contributed by atoms with Crippen molar-refractivity contribution in [1.29, 1.82) is 0 Å². The maximum atomic E-state index is 14.2. The van der Waals surface area contributed by atoms with Gasteiger partial charge in [0.1, 0.15) is 11.9 Å².